The third kappa shape index (κ3) is 30.8. The predicted molar refractivity (Wildman–Crippen MR) is 486 cm³/mol. The van der Waals surface area contributed by atoms with E-state index in [-0.39, 0.29) is 87.7 Å². The Bertz CT molecular complexity index is 4780. The zero-order chi connectivity index (χ0) is 94.5. The number of para-hydroxylation sites is 3. The van der Waals surface area contributed by atoms with E-state index in [0.29, 0.717) is 36.8 Å². The summed E-state index contributed by atoms with van der Waals surface area (Å²) in [6.07, 6.45) is 5.61. The van der Waals surface area contributed by atoms with Gasteiger partial charge in [0.2, 0.25) is 89.1 Å². The van der Waals surface area contributed by atoms with Crippen LogP contribution in [0.15, 0.2) is 91.4 Å². The lowest BCUT2D eigenvalue weighted by Crippen LogP contribution is -2.62. The number of hydrogen-bond acceptors (Lipinski definition) is 17. The third-order valence-corrected chi connectivity index (χ3v) is 22.6. The van der Waals surface area contributed by atoms with E-state index in [4.69, 9.17) is 4.74 Å². The number of aliphatic hydroxyl groups is 1. The average molecular weight is 1780 g/mol. The van der Waals surface area contributed by atoms with E-state index in [1.54, 1.807) is 74.0 Å². The molecule has 15 amide bonds. The SMILES string of the molecule is CC(C)C[C@H](NC(=O)[C@@H](CC(C)C)NC(=O)[C@H](Cc1c[nH]c2ccccc12)NC(=O)[C@H](NC(=O)[C@@H](NC(=O)[C@H](NC(=O)[C@H](C)NC(=O)[C@@H](CC(C)C)NC(=O)[C@H](C)NC(=O)CNC(=O)[C@@H](NC=O)C(C)C)C(C)C)C(C)C)C(C)C)[C@@H]1CCC[C@H](C(=O)N[C@@H](Cc2c[nH]c3ccccc23)C(=O)N[C@H](CC(C)C)C(=O)N[C@@H](Cc2c[nH]c3ccccc23)C(=O)NCCO)O1. The van der Waals surface area contributed by atoms with Crippen molar-refractivity contribution in [1.82, 2.24) is 94.7 Å². The van der Waals surface area contributed by atoms with Gasteiger partial charge in [-0.05, 0) is 141 Å². The Labute approximate surface area is 749 Å². The Balaban J connectivity index is 1.04. The molecule has 3 aromatic carbocycles. The maximum absolute atomic E-state index is 15.3. The first-order valence-corrected chi connectivity index (χ1v) is 44.9. The average Bonchev–Trinajstić information content (AvgIpc) is 1.55. The van der Waals surface area contributed by atoms with Crippen LogP contribution < -0.4 is 79.8 Å². The molecule has 0 unspecified atom stereocenters. The van der Waals surface area contributed by atoms with Gasteiger partial charge in [0.05, 0.1) is 25.3 Å². The van der Waals surface area contributed by atoms with E-state index < -0.39 is 198 Å². The number of ether oxygens (including phenoxy) is 1. The first-order valence-electron chi connectivity index (χ1n) is 44.9. The van der Waals surface area contributed by atoms with Crippen molar-refractivity contribution in [2.24, 2.45) is 47.3 Å². The smallest absolute Gasteiger partial charge is 0.249 e. The van der Waals surface area contributed by atoms with E-state index in [1.165, 1.54) is 13.8 Å². The minimum Gasteiger partial charge on any atom is -0.395 e. The Hall–Kier alpha value is -11.8. The van der Waals surface area contributed by atoms with Gasteiger partial charge in [-0.1, -0.05) is 165 Å². The van der Waals surface area contributed by atoms with Crippen LogP contribution in [0.2, 0.25) is 0 Å². The van der Waals surface area contributed by atoms with Crippen molar-refractivity contribution >= 4 is 122 Å². The van der Waals surface area contributed by atoms with Crippen LogP contribution in [0.3, 0.4) is 0 Å². The molecule has 1 saturated heterocycles. The standard InChI is InChI=1S/C93H138N18O17/c1-48(2)36-67(74-32-25-33-75(128-74)89(123)107-72(41-59-44-96-65-30-23-20-27-62(59)65)87(121)105-70(39-51(7)8)86(120)106-71(83(117)94-34-35-112)40-58-43-95-64-29-22-19-26-61(58)64)102-85(119)69(38-50(5)6)104-88(122)73(42-60-45-97-66-31-24-21-28-63(60)66)108-91(125)78(53(11)12)110-93(127)80(55(15)16)111-92(126)79(54(13)14)109-82(116)57(18)101-84(118)68(37-49(3)4)103-81(115)56(17)100-76(114)46-98-90(124)77(52(9)10)99-47-113/h19-24,26-31,43-45,47-57,67-75,77-80,95-97,112H,25,32-42,46H2,1-18H3,(H,94,117)(H,98,124)(H,99,113)(H,100,114)(H,101,118)(H,102,119)(H,103,115)(H,104,122)(H,105,121)(H,106,120)(H,107,123)(H,108,125)(H,109,116)(H,110,127)(H,111,126)/t56-,57-,67-,68+,69+,70+,71-,72-,73-,74-,75+,77-,78+,79+,80-/m0/s1. The number of nitrogens with one attached hydrogen (secondary N) is 18. The number of carbonyl (C=O) groups is 15. The lowest BCUT2D eigenvalue weighted by atomic mass is 9.92. The Kier molecular flexibility index (Phi) is 40.0. The number of amides is 15. The summed E-state index contributed by atoms with van der Waals surface area (Å²) in [6.45, 7) is 30.4. The normalized spacial score (nSPS) is 16.6. The van der Waals surface area contributed by atoms with Gasteiger partial charge in [-0.25, -0.2) is 0 Å². The van der Waals surface area contributed by atoms with Crippen LogP contribution in [0.4, 0.5) is 0 Å². The molecule has 702 valence electrons. The van der Waals surface area contributed by atoms with Crippen LogP contribution in [0, 0.1) is 47.3 Å². The third-order valence-electron chi connectivity index (χ3n) is 22.6. The second-order valence-corrected chi connectivity index (χ2v) is 36.7. The molecule has 0 bridgehead atoms. The summed E-state index contributed by atoms with van der Waals surface area (Å²) >= 11 is 0. The number of H-pyrrole nitrogens is 3. The number of aliphatic hydroxyl groups excluding tert-OH is 1. The number of aromatic nitrogens is 3. The van der Waals surface area contributed by atoms with Gasteiger partial charge in [-0.2, -0.15) is 0 Å². The zero-order valence-corrected chi connectivity index (χ0v) is 77.2. The number of hydrogen-bond donors (Lipinski definition) is 19. The summed E-state index contributed by atoms with van der Waals surface area (Å²) in [4.78, 5) is 221. The maximum atomic E-state index is 15.3. The molecular weight excluding hydrogens is 1640 g/mol. The molecule has 19 N–H and O–H groups in total. The zero-order valence-electron chi connectivity index (χ0n) is 77.2. The topological polar surface area (TPSA) is 513 Å². The van der Waals surface area contributed by atoms with Crippen LogP contribution in [-0.4, -0.2) is 220 Å². The molecule has 128 heavy (non-hydrogen) atoms. The molecule has 6 aromatic rings. The van der Waals surface area contributed by atoms with E-state index in [0.717, 1.165) is 38.3 Å². The van der Waals surface area contributed by atoms with Crippen molar-refractivity contribution in [2.75, 3.05) is 19.7 Å². The van der Waals surface area contributed by atoms with Gasteiger partial charge in [0.1, 0.15) is 78.6 Å². The molecule has 1 aliphatic rings. The molecule has 15 atom stereocenters. The van der Waals surface area contributed by atoms with Crippen LogP contribution >= 0.6 is 0 Å². The highest BCUT2D eigenvalue weighted by atomic mass is 16.5. The summed E-state index contributed by atoms with van der Waals surface area (Å²) < 4.78 is 6.74. The summed E-state index contributed by atoms with van der Waals surface area (Å²) in [7, 11) is 0. The fourth-order valence-corrected chi connectivity index (χ4v) is 15.7. The highest BCUT2D eigenvalue weighted by Gasteiger charge is 2.42. The summed E-state index contributed by atoms with van der Waals surface area (Å²) in [5.74, 6) is -12.3. The monoisotopic (exact) mass is 1780 g/mol. The lowest BCUT2D eigenvalue weighted by molar-refractivity contribution is -0.147. The fourth-order valence-electron chi connectivity index (χ4n) is 15.7. The quantitative estimate of drug-likeness (QED) is 0.0239. The van der Waals surface area contributed by atoms with Crippen molar-refractivity contribution in [3.05, 3.63) is 108 Å². The number of rotatable bonds is 50. The van der Waals surface area contributed by atoms with E-state index in [2.05, 4.69) is 94.7 Å². The highest BCUT2D eigenvalue weighted by molar-refractivity contribution is 6.01. The van der Waals surface area contributed by atoms with Crippen molar-refractivity contribution < 1.29 is 81.8 Å². The van der Waals surface area contributed by atoms with Crippen LogP contribution in [0.25, 0.3) is 32.7 Å². The van der Waals surface area contributed by atoms with Crippen molar-refractivity contribution in [2.45, 2.75) is 280 Å². The lowest BCUT2D eigenvalue weighted by Gasteiger charge is -2.37. The molecule has 35 heteroatoms. The molecule has 0 aliphatic carbocycles. The predicted octanol–water partition coefficient (Wildman–Crippen LogP) is 4.10. The van der Waals surface area contributed by atoms with E-state index >= 15 is 19.2 Å². The van der Waals surface area contributed by atoms with Gasteiger partial charge in [0.25, 0.3) is 0 Å². The summed E-state index contributed by atoms with van der Waals surface area (Å²) in [5, 5.41) is 53.4. The van der Waals surface area contributed by atoms with Gasteiger partial charge in [0, 0.05) is 77.1 Å². The Morgan fingerprint density at radius 2 is 0.727 bits per heavy atom. The number of carbonyl (C=O) groups excluding carboxylic acids is 15. The summed E-state index contributed by atoms with van der Waals surface area (Å²) in [5.41, 5.74) is 4.46. The molecule has 0 saturated carbocycles. The maximum Gasteiger partial charge on any atom is 0.249 e. The van der Waals surface area contributed by atoms with Gasteiger partial charge >= 0.3 is 0 Å². The molecule has 0 radical (unpaired) electrons. The Morgan fingerprint density at radius 3 is 1.15 bits per heavy atom. The number of benzene rings is 3. The van der Waals surface area contributed by atoms with Gasteiger partial charge in [0.15, 0.2) is 0 Å². The first-order chi connectivity index (χ1) is 60.6. The van der Waals surface area contributed by atoms with Crippen molar-refractivity contribution in [3.8, 4) is 0 Å². The number of aromatic amines is 3. The molecule has 1 aliphatic heterocycles. The second-order valence-electron chi connectivity index (χ2n) is 36.7. The molecule has 4 heterocycles. The van der Waals surface area contributed by atoms with E-state index in [9.17, 15) is 57.8 Å². The minimum atomic E-state index is -1.38. The Morgan fingerprint density at radius 1 is 0.375 bits per heavy atom. The number of fused-ring (bicyclic) bond motifs is 3. The van der Waals surface area contributed by atoms with Gasteiger partial charge in [-0.15, -0.1) is 0 Å². The molecule has 35 nitrogen and oxygen atoms in total. The minimum absolute atomic E-state index is 0.0181. The van der Waals surface area contributed by atoms with Crippen LogP contribution in [0.5, 0.6) is 0 Å². The van der Waals surface area contributed by atoms with Gasteiger partial charge < -0.3 is 105 Å². The second kappa shape index (κ2) is 49.5. The first kappa shape index (κ1) is 103. The van der Waals surface area contributed by atoms with Crippen molar-refractivity contribution in [3.63, 3.8) is 0 Å². The van der Waals surface area contributed by atoms with Gasteiger partial charge in [-0.3, -0.25) is 71.9 Å². The largest absolute Gasteiger partial charge is 0.395 e. The van der Waals surface area contributed by atoms with E-state index in [1.807, 2.05) is 128 Å². The van der Waals surface area contributed by atoms with Crippen LogP contribution in [-0.2, 0) is 95.9 Å². The molecule has 3 aromatic heterocycles. The molecule has 1 fully saturated rings. The molecule has 0 spiro atoms. The molecule has 7 rings (SSSR count). The fraction of sp³-hybridized carbons (Fsp3) is 0.581. The molecular formula is C93H138N18O17. The summed E-state index contributed by atoms with van der Waals surface area (Å²) in [6, 6.07) is 7.03. The van der Waals surface area contributed by atoms with Crippen LogP contribution in [0.1, 0.15) is 186 Å². The highest BCUT2D eigenvalue weighted by Crippen LogP contribution is 2.28. The van der Waals surface area contributed by atoms with Crippen molar-refractivity contribution in [1.29, 1.82) is 0 Å².